The highest BCUT2D eigenvalue weighted by atomic mass is 19.1. The fourth-order valence-electron chi connectivity index (χ4n) is 3.51. The minimum atomic E-state index is -0.601. The summed E-state index contributed by atoms with van der Waals surface area (Å²) in [4.78, 5) is 25.4. The van der Waals surface area contributed by atoms with Gasteiger partial charge in [-0.2, -0.15) is 0 Å². The number of carbonyl (C=O) groups excluding carboxylic acids is 1. The second kappa shape index (κ2) is 4.41. The number of methoxy groups -OCH3 is 1. The van der Waals surface area contributed by atoms with Crippen LogP contribution in [0.3, 0.4) is 0 Å². The highest BCUT2D eigenvalue weighted by Crippen LogP contribution is 2.34. The highest BCUT2D eigenvalue weighted by Gasteiger charge is 2.28. The molecule has 0 radical (unpaired) electrons. The Hall–Kier alpha value is -2.69. The predicted octanol–water partition coefficient (Wildman–Crippen LogP) is 3.12. The van der Waals surface area contributed by atoms with Crippen molar-refractivity contribution >= 4 is 27.7 Å². The summed E-state index contributed by atoms with van der Waals surface area (Å²) in [7, 11) is 1.52. The molecule has 0 unspecified atom stereocenters. The Morgan fingerprint density at radius 3 is 2.57 bits per heavy atom. The lowest BCUT2D eigenvalue weighted by atomic mass is 10.0. The number of nitrogens with zero attached hydrogens (tertiary/aromatic N) is 1. The molecule has 3 aromatic rings. The molecule has 2 heterocycles. The second-order valence-electron chi connectivity index (χ2n) is 5.89. The van der Waals surface area contributed by atoms with E-state index in [2.05, 4.69) is 0 Å². The summed E-state index contributed by atoms with van der Waals surface area (Å²) in [6, 6.07) is 4.43. The molecule has 0 N–H and O–H groups in total. The van der Waals surface area contributed by atoms with Crippen molar-refractivity contribution in [2.45, 2.75) is 20.3 Å². The number of hydrogen-bond donors (Lipinski definition) is 0. The first kappa shape index (κ1) is 13.9. The van der Waals surface area contributed by atoms with Gasteiger partial charge in [0.25, 0.3) is 0 Å². The fraction of sp³-hybridized carbons (Fsp3) is 0.222. The van der Waals surface area contributed by atoms with Crippen LogP contribution in [0.4, 0.5) is 4.39 Å². The lowest BCUT2D eigenvalue weighted by Gasteiger charge is -2.15. The van der Waals surface area contributed by atoms with Gasteiger partial charge in [0.2, 0.25) is 5.91 Å². The molecular weight excluding hydrogens is 297 g/mol. The zero-order valence-corrected chi connectivity index (χ0v) is 13.0. The molecule has 2 aromatic carbocycles. The Labute approximate surface area is 131 Å². The smallest absolute Gasteiger partial charge is 0.236 e. The summed E-state index contributed by atoms with van der Waals surface area (Å²) >= 11 is 0. The van der Waals surface area contributed by atoms with E-state index in [0.29, 0.717) is 27.7 Å². The summed E-state index contributed by atoms with van der Waals surface area (Å²) in [6.45, 7) is 3.72. The number of halogens is 1. The van der Waals surface area contributed by atoms with Crippen molar-refractivity contribution in [1.29, 1.82) is 0 Å². The predicted molar refractivity (Wildman–Crippen MR) is 86.0 cm³/mol. The molecule has 0 fully saturated rings. The minimum Gasteiger partial charge on any atom is -0.496 e. The van der Waals surface area contributed by atoms with E-state index in [1.807, 2.05) is 13.8 Å². The SMILES string of the molecule is COc1cc2c(=O)c3c(F)ccc4c3n(c2c(C)c1C)C(=O)C4. The molecular formula is C18H14FNO3. The molecule has 0 amide bonds. The molecule has 23 heavy (non-hydrogen) atoms. The van der Waals surface area contributed by atoms with E-state index >= 15 is 0 Å². The Morgan fingerprint density at radius 1 is 1.13 bits per heavy atom. The number of rotatable bonds is 1. The number of ether oxygens (including phenoxy) is 1. The third kappa shape index (κ3) is 1.59. The van der Waals surface area contributed by atoms with Crippen LogP contribution in [0.2, 0.25) is 0 Å². The van der Waals surface area contributed by atoms with Gasteiger partial charge < -0.3 is 4.74 Å². The maximum Gasteiger partial charge on any atom is 0.236 e. The van der Waals surface area contributed by atoms with E-state index in [4.69, 9.17) is 4.74 Å². The van der Waals surface area contributed by atoms with Crippen molar-refractivity contribution in [3.63, 3.8) is 0 Å². The molecule has 0 saturated heterocycles. The van der Waals surface area contributed by atoms with Gasteiger partial charge in [-0.25, -0.2) is 4.39 Å². The number of carbonyl (C=O) groups is 1. The summed E-state index contributed by atoms with van der Waals surface area (Å²) in [5.41, 5.74) is 2.90. The number of pyridine rings is 1. The van der Waals surface area contributed by atoms with Crippen molar-refractivity contribution in [3.8, 4) is 5.75 Å². The number of aromatic nitrogens is 1. The molecule has 4 nitrogen and oxygen atoms in total. The van der Waals surface area contributed by atoms with Crippen molar-refractivity contribution in [2.75, 3.05) is 7.11 Å². The van der Waals surface area contributed by atoms with Gasteiger partial charge in [0.05, 0.1) is 35.3 Å². The van der Waals surface area contributed by atoms with E-state index in [1.165, 1.54) is 17.7 Å². The quantitative estimate of drug-likeness (QED) is 0.649. The Bertz CT molecular complexity index is 1100. The van der Waals surface area contributed by atoms with Crippen molar-refractivity contribution in [1.82, 2.24) is 4.57 Å². The zero-order valence-electron chi connectivity index (χ0n) is 13.0. The Kier molecular flexibility index (Phi) is 2.67. The standard InChI is InChI=1S/C18H14FNO3/c1-8-9(2)16-11(7-13(8)23-3)18(22)15-12(19)5-4-10-6-14(21)20(16)17(10)15/h4-5,7H,6H2,1-3H3. The maximum absolute atomic E-state index is 14.3. The fourth-order valence-corrected chi connectivity index (χ4v) is 3.51. The van der Waals surface area contributed by atoms with Crippen LogP contribution < -0.4 is 10.2 Å². The van der Waals surface area contributed by atoms with Crippen molar-refractivity contribution in [3.05, 3.63) is 50.9 Å². The minimum absolute atomic E-state index is 0.0221. The van der Waals surface area contributed by atoms with Crippen molar-refractivity contribution < 1.29 is 13.9 Å². The van der Waals surface area contributed by atoms with Crippen LogP contribution in [0.25, 0.3) is 21.8 Å². The van der Waals surface area contributed by atoms with Gasteiger partial charge in [0.1, 0.15) is 11.6 Å². The van der Waals surface area contributed by atoms with Gasteiger partial charge in [0.15, 0.2) is 5.43 Å². The first-order valence-corrected chi connectivity index (χ1v) is 7.33. The van der Waals surface area contributed by atoms with Crippen LogP contribution in [0.5, 0.6) is 5.75 Å². The topological polar surface area (TPSA) is 48.3 Å². The van der Waals surface area contributed by atoms with Crippen LogP contribution in [0.15, 0.2) is 23.0 Å². The molecule has 1 aromatic heterocycles. The lowest BCUT2D eigenvalue weighted by Crippen LogP contribution is -2.16. The van der Waals surface area contributed by atoms with Crippen molar-refractivity contribution in [2.24, 2.45) is 0 Å². The number of hydrogen-bond acceptors (Lipinski definition) is 3. The van der Waals surface area contributed by atoms with E-state index in [0.717, 1.165) is 11.1 Å². The van der Waals surface area contributed by atoms with E-state index < -0.39 is 11.2 Å². The molecule has 1 aliphatic heterocycles. The molecule has 0 spiro atoms. The summed E-state index contributed by atoms with van der Waals surface area (Å²) < 4.78 is 21.1. The molecule has 1 aliphatic rings. The van der Waals surface area contributed by atoms with Gasteiger partial charge in [-0.05, 0) is 42.7 Å². The van der Waals surface area contributed by atoms with Crippen LogP contribution in [0, 0.1) is 19.7 Å². The van der Waals surface area contributed by atoms with Gasteiger partial charge in [-0.1, -0.05) is 6.07 Å². The highest BCUT2D eigenvalue weighted by molar-refractivity contribution is 6.09. The van der Waals surface area contributed by atoms with Gasteiger partial charge in [0, 0.05) is 0 Å². The van der Waals surface area contributed by atoms with Crippen LogP contribution in [-0.2, 0) is 6.42 Å². The van der Waals surface area contributed by atoms with Crippen LogP contribution in [-0.4, -0.2) is 17.6 Å². The summed E-state index contributed by atoms with van der Waals surface area (Å²) in [6.07, 6.45) is 0.180. The molecule has 116 valence electrons. The molecule has 0 aliphatic carbocycles. The van der Waals surface area contributed by atoms with E-state index in [1.54, 1.807) is 12.1 Å². The number of fused-ring (bicyclic) bond motifs is 2. The maximum atomic E-state index is 14.3. The monoisotopic (exact) mass is 311 g/mol. The van der Waals surface area contributed by atoms with Gasteiger partial charge >= 0.3 is 0 Å². The Morgan fingerprint density at radius 2 is 1.87 bits per heavy atom. The second-order valence-corrected chi connectivity index (χ2v) is 5.89. The molecule has 0 bridgehead atoms. The van der Waals surface area contributed by atoms with Gasteiger partial charge in [-0.15, -0.1) is 0 Å². The summed E-state index contributed by atoms with van der Waals surface area (Å²) in [5, 5.41) is 0.287. The average Bonchev–Trinajstić information content (AvgIpc) is 2.85. The lowest BCUT2D eigenvalue weighted by molar-refractivity contribution is 0.0933. The van der Waals surface area contributed by atoms with Crippen LogP contribution in [0.1, 0.15) is 21.5 Å². The van der Waals surface area contributed by atoms with Crippen LogP contribution >= 0.6 is 0 Å². The third-order valence-corrected chi connectivity index (χ3v) is 4.76. The number of aryl methyl sites for hydroxylation is 1. The average molecular weight is 311 g/mol. The number of benzene rings is 2. The molecule has 4 rings (SSSR count). The molecule has 5 heteroatoms. The molecule has 0 saturated carbocycles. The third-order valence-electron chi connectivity index (χ3n) is 4.76. The Balaban J connectivity index is 2.41. The van der Waals surface area contributed by atoms with Gasteiger partial charge in [-0.3, -0.25) is 14.2 Å². The first-order valence-electron chi connectivity index (χ1n) is 7.33. The first-order chi connectivity index (χ1) is 11.0. The largest absolute Gasteiger partial charge is 0.496 e. The summed E-state index contributed by atoms with van der Waals surface area (Å²) in [5.74, 6) is -0.189. The normalized spacial score (nSPS) is 13.3. The van der Waals surface area contributed by atoms with E-state index in [-0.39, 0.29) is 17.7 Å². The van der Waals surface area contributed by atoms with E-state index in [9.17, 15) is 14.0 Å². The molecule has 0 atom stereocenters. The zero-order chi connectivity index (χ0) is 16.5.